The highest BCUT2D eigenvalue weighted by atomic mass is 16.5. The SMILES string of the molecule is CCN1CCN(c2nc3ccccc3nc2[C@@H](C#N)C(=O)NCCc2ccc(OC)c(OC)c2)CC1. The van der Waals surface area contributed by atoms with Crippen molar-refractivity contribution in [1.82, 2.24) is 20.2 Å². The number of nitrogens with zero attached hydrogens (tertiary/aromatic N) is 5. The highest BCUT2D eigenvalue weighted by Gasteiger charge is 2.30. The molecule has 9 nitrogen and oxygen atoms in total. The minimum Gasteiger partial charge on any atom is -0.493 e. The summed E-state index contributed by atoms with van der Waals surface area (Å²) >= 11 is 0. The predicted octanol–water partition coefficient (Wildman–Crippen LogP) is 2.75. The molecule has 0 spiro atoms. The number of piperazine rings is 1. The maximum atomic E-state index is 13.2. The number of rotatable bonds is 9. The van der Waals surface area contributed by atoms with Crippen molar-refractivity contribution >= 4 is 22.8 Å². The van der Waals surface area contributed by atoms with Gasteiger partial charge in [0.05, 0.1) is 31.3 Å². The van der Waals surface area contributed by atoms with Gasteiger partial charge in [-0.25, -0.2) is 9.97 Å². The summed E-state index contributed by atoms with van der Waals surface area (Å²) in [5, 5.41) is 12.9. The summed E-state index contributed by atoms with van der Waals surface area (Å²) in [4.78, 5) is 27.3. The number of benzene rings is 2. The molecule has 1 N–H and O–H groups in total. The quantitative estimate of drug-likeness (QED) is 0.490. The molecular formula is C27H32N6O3. The normalized spacial score (nSPS) is 14.8. The largest absolute Gasteiger partial charge is 0.493 e. The van der Waals surface area contributed by atoms with Crippen LogP contribution in [0.5, 0.6) is 11.5 Å². The van der Waals surface area contributed by atoms with Gasteiger partial charge in [-0.2, -0.15) is 5.26 Å². The summed E-state index contributed by atoms with van der Waals surface area (Å²) in [5.74, 6) is 0.459. The Kier molecular flexibility index (Phi) is 8.18. The molecule has 3 aromatic rings. The van der Waals surface area contributed by atoms with Gasteiger partial charge in [0.15, 0.2) is 23.2 Å². The zero-order chi connectivity index (χ0) is 25.5. The number of methoxy groups -OCH3 is 2. The number of carbonyl (C=O) groups excluding carboxylic acids is 1. The third-order valence-electron chi connectivity index (χ3n) is 6.52. The lowest BCUT2D eigenvalue weighted by molar-refractivity contribution is -0.121. The standard InChI is InChI=1S/C27H32N6O3/c1-4-32-13-15-33(16-14-32)26-25(30-21-7-5-6-8-22(21)31-26)20(18-28)27(34)29-12-11-19-9-10-23(35-2)24(17-19)36-3/h5-10,17,20H,4,11-16H2,1-3H3,(H,29,34)/t20-/m1/s1. The van der Waals surface area contributed by atoms with Gasteiger partial charge in [-0.3, -0.25) is 4.79 Å². The van der Waals surface area contributed by atoms with Crippen LogP contribution in [0.3, 0.4) is 0 Å². The van der Waals surface area contributed by atoms with Crippen LogP contribution >= 0.6 is 0 Å². The van der Waals surface area contributed by atoms with E-state index < -0.39 is 5.92 Å². The second kappa shape index (κ2) is 11.7. The first kappa shape index (κ1) is 25.2. The highest BCUT2D eigenvalue weighted by molar-refractivity contribution is 5.88. The van der Waals surface area contributed by atoms with Crippen LogP contribution in [-0.4, -0.2) is 74.3 Å². The van der Waals surface area contributed by atoms with Crippen LogP contribution < -0.4 is 19.7 Å². The zero-order valence-corrected chi connectivity index (χ0v) is 21.0. The zero-order valence-electron chi connectivity index (χ0n) is 21.0. The molecule has 0 radical (unpaired) electrons. The molecule has 1 saturated heterocycles. The monoisotopic (exact) mass is 488 g/mol. The molecule has 1 fully saturated rings. The predicted molar refractivity (Wildman–Crippen MR) is 138 cm³/mol. The third-order valence-corrected chi connectivity index (χ3v) is 6.52. The first-order chi connectivity index (χ1) is 17.6. The Balaban J connectivity index is 1.53. The van der Waals surface area contributed by atoms with Crippen LogP contribution in [0.2, 0.25) is 0 Å². The Labute approximate surface area is 211 Å². The van der Waals surface area contributed by atoms with Crippen LogP contribution in [0.4, 0.5) is 5.82 Å². The van der Waals surface area contributed by atoms with Crippen molar-refractivity contribution in [1.29, 1.82) is 5.26 Å². The van der Waals surface area contributed by atoms with Gasteiger partial charge in [0.2, 0.25) is 5.91 Å². The second-order valence-corrected chi connectivity index (χ2v) is 8.63. The molecule has 0 bridgehead atoms. The molecule has 0 saturated carbocycles. The van der Waals surface area contributed by atoms with Gasteiger partial charge in [0, 0.05) is 32.7 Å². The van der Waals surface area contributed by atoms with E-state index in [0.717, 1.165) is 43.8 Å². The van der Waals surface area contributed by atoms with Crippen LogP contribution in [0.15, 0.2) is 42.5 Å². The lowest BCUT2D eigenvalue weighted by Crippen LogP contribution is -2.47. The first-order valence-electron chi connectivity index (χ1n) is 12.2. The van der Waals surface area contributed by atoms with Crippen LogP contribution in [0, 0.1) is 11.3 Å². The number of likely N-dealkylation sites (N-methyl/N-ethyl adjacent to an activating group) is 1. The van der Waals surface area contributed by atoms with Crippen molar-refractivity contribution in [2.45, 2.75) is 19.3 Å². The minimum atomic E-state index is -1.06. The average molecular weight is 489 g/mol. The summed E-state index contributed by atoms with van der Waals surface area (Å²) in [6.07, 6.45) is 0.583. The van der Waals surface area contributed by atoms with Gasteiger partial charge < -0.3 is 24.6 Å². The second-order valence-electron chi connectivity index (χ2n) is 8.63. The number of nitrogens with one attached hydrogen (secondary N) is 1. The molecule has 4 rings (SSSR count). The number of aromatic nitrogens is 2. The Morgan fingerprint density at radius 2 is 1.75 bits per heavy atom. The number of para-hydroxylation sites is 2. The van der Waals surface area contributed by atoms with Crippen molar-refractivity contribution < 1.29 is 14.3 Å². The summed E-state index contributed by atoms with van der Waals surface area (Å²) in [7, 11) is 3.18. The number of ether oxygens (including phenoxy) is 2. The average Bonchev–Trinajstić information content (AvgIpc) is 2.93. The molecule has 9 heteroatoms. The molecule has 0 aliphatic carbocycles. The number of anilines is 1. The van der Waals surface area contributed by atoms with E-state index >= 15 is 0 Å². The van der Waals surface area contributed by atoms with E-state index in [-0.39, 0.29) is 5.91 Å². The van der Waals surface area contributed by atoms with E-state index in [4.69, 9.17) is 19.4 Å². The number of amides is 1. The van der Waals surface area contributed by atoms with Gasteiger partial charge in [-0.05, 0) is 42.8 Å². The van der Waals surface area contributed by atoms with E-state index in [0.29, 0.717) is 41.5 Å². The van der Waals surface area contributed by atoms with Gasteiger partial charge in [-0.1, -0.05) is 25.1 Å². The molecule has 2 heterocycles. The van der Waals surface area contributed by atoms with Crippen LogP contribution in [0.1, 0.15) is 24.1 Å². The number of hydrogen-bond acceptors (Lipinski definition) is 8. The summed E-state index contributed by atoms with van der Waals surface area (Å²) in [5.41, 5.74) is 2.81. The van der Waals surface area contributed by atoms with Crippen molar-refractivity contribution in [3.63, 3.8) is 0 Å². The molecule has 1 amide bonds. The Morgan fingerprint density at radius 1 is 1.06 bits per heavy atom. The highest BCUT2D eigenvalue weighted by Crippen LogP contribution is 2.29. The molecule has 1 aromatic heterocycles. The topological polar surface area (TPSA) is 104 Å². The van der Waals surface area contributed by atoms with Gasteiger partial charge in [-0.15, -0.1) is 0 Å². The minimum absolute atomic E-state index is 0.373. The molecule has 188 valence electrons. The third kappa shape index (κ3) is 5.50. The molecule has 1 atom stereocenters. The number of carbonyl (C=O) groups is 1. The smallest absolute Gasteiger partial charge is 0.243 e. The van der Waals surface area contributed by atoms with E-state index in [1.807, 2.05) is 42.5 Å². The van der Waals surface area contributed by atoms with Gasteiger partial charge >= 0.3 is 0 Å². The van der Waals surface area contributed by atoms with E-state index in [1.54, 1.807) is 14.2 Å². The fourth-order valence-electron chi connectivity index (χ4n) is 4.42. The Hall–Kier alpha value is -3.90. The molecule has 1 aliphatic heterocycles. The van der Waals surface area contributed by atoms with Crippen molar-refractivity contribution in [3.8, 4) is 17.6 Å². The fourth-order valence-corrected chi connectivity index (χ4v) is 4.42. The van der Waals surface area contributed by atoms with Crippen molar-refractivity contribution in [2.75, 3.05) is 58.4 Å². The maximum Gasteiger partial charge on any atom is 0.243 e. The molecular weight excluding hydrogens is 456 g/mol. The number of nitriles is 1. The van der Waals surface area contributed by atoms with Crippen molar-refractivity contribution in [3.05, 3.63) is 53.7 Å². The Bertz CT molecular complexity index is 1250. The van der Waals surface area contributed by atoms with Gasteiger partial charge in [0.1, 0.15) is 5.69 Å². The fraction of sp³-hybridized carbons (Fsp3) is 0.407. The number of hydrogen-bond donors (Lipinski definition) is 1. The lowest BCUT2D eigenvalue weighted by atomic mass is 10.0. The molecule has 1 aliphatic rings. The van der Waals surface area contributed by atoms with Crippen LogP contribution in [-0.2, 0) is 11.2 Å². The summed E-state index contributed by atoms with van der Waals surface area (Å²) in [6, 6.07) is 15.4. The Morgan fingerprint density at radius 3 is 2.39 bits per heavy atom. The molecule has 36 heavy (non-hydrogen) atoms. The summed E-state index contributed by atoms with van der Waals surface area (Å²) in [6.45, 7) is 6.86. The van der Waals surface area contributed by atoms with E-state index in [2.05, 4.69) is 28.1 Å². The summed E-state index contributed by atoms with van der Waals surface area (Å²) < 4.78 is 10.6. The van der Waals surface area contributed by atoms with Gasteiger partial charge in [0.25, 0.3) is 0 Å². The first-order valence-corrected chi connectivity index (χ1v) is 12.2. The molecule has 0 unspecified atom stereocenters. The maximum absolute atomic E-state index is 13.2. The lowest BCUT2D eigenvalue weighted by Gasteiger charge is -2.35. The number of fused-ring (bicyclic) bond motifs is 1. The van der Waals surface area contributed by atoms with E-state index in [1.165, 1.54) is 0 Å². The molecule has 2 aromatic carbocycles. The van der Waals surface area contributed by atoms with Crippen molar-refractivity contribution in [2.24, 2.45) is 0 Å². The van der Waals surface area contributed by atoms with Crippen LogP contribution in [0.25, 0.3) is 11.0 Å². The van der Waals surface area contributed by atoms with E-state index in [9.17, 15) is 10.1 Å².